The number of aromatic hydroxyl groups is 1. The Morgan fingerprint density at radius 2 is 2.00 bits per heavy atom. The normalized spacial score (nSPS) is 20.6. The smallest absolute Gasteiger partial charge is 0.224 e. The van der Waals surface area contributed by atoms with Gasteiger partial charge in [-0.2, -0.15) is 0 Å². The molecule has 0 saturated heterocycles. The van der Waals surface area contributed by atoms with Crippen molar-refractivity contribution in [1.29, 1.82) is 0 Å². The molecule has 0 bridgehead atoms. The van der Waals surface area contributed by atoms with Crippen molar-refractivity contribution < 1.29 is 14.6 Å². The summed E-state index contributed by atoms with van der Waals surface area (Å²) in [5, 5.41) is 12.8. The first kappa shape index (κ1) is 18.6. The number of nitrogens with one attached hydrogen (secondary N) is 1. The van der Waals surface area contributed by atoms with Crippen LogP contribution in [0.3, 0.4) is 0 Å². The van der Waals surface area contributed by atoms with Crippen LogP contribution in [0.4, 0.5) is 0 Å². The molecule has 4 nitrogen and oxygen atoms in total. The van der Waals surface area contributed by atoms with Gasteiger partial charge >= 0.3 is 0 Å². The zero-order chi connectivity index (χ0) is 17.4. The lowest BCUT2D eigenvalue weighted by Gasteiger charge is -2.29. The van der Waals surface area contributed by atoms with Gasteiger partial charge in [-0.25, -0.2) is 0 Å². The van der Waals surface area contributed by atoms with E-state index in [9.17, 15) is 9.90 Å². The summed E-state index contributed by atoms with van der Waals surface area (Å²) < 4.78 is 5.09. The van der Waals surface area contributed by atoms with Crippen LogP contribution in [0, 0.1) is 5.92 Å². The van der Waals surface area contributed by atoms with E-state index in [1.807, 2.05) is 0 Å². The summed E-state index contributed by atoms with van der Waals surface area (Å²) in [6.07, 6.45) is 10.3. The highest BCUT2D eigenvalue weighted by molar-refractivity contribution is 5.79. The summed E-state index contributed by atoms with van der Waals surface area (Å²) in [5.74, 6) is 1.42. The van der Waals surface area contributed by atoms with E-state index >= 15 is 0 Å². The van der Waals surface area contributed by atoms with Crippen molar-refractivity contribution in [3.05, 3.63) is 23.8 Å². The number of carbonyl (C=O) groups excluding carboxylic acids is 1. The molecule has 0 unspecified atom stereocenters. The third-order valence-corrected chi connectivity index (χ3v) is 5.04. The van der Waals surface area contributed by atoms with Crippen molar-refractivity contribution in [2.75, 3.05) is 7.11 Å². The van der Waals surface area contributed by atoms with Gasteiger partial charge in [0.15, 0.2) is 11.5 Å². The molecule has 0 atom stereocenters. The fraction of sp³-hybridized carbons (Fsp3) is 0.650. The Morgan fingerprint density at radius 3 is 2.67 bits per heavy atom. The maximum absolute atomic E-state index is 12.2. The number of unbranched alkanes of at least 4 members (excludes halogenated alkanes) is 2. The quantitative estimate of drug-likeness (QED) is 0.701. The fourth-order valence-corrected chi connectivity index (χ4v) is 3.57. The first-order valence-corrected chi connectivity index (χ1v) is 9.27. The predicted octanol–water partition coefficient (Wildman–Crippen LogP) is 4.20. The molecule has 2 N–H and O–H groups in total. The molecule has 1 amide bonds. The van der Waals surface area contributed by atoms with Crippen molar-refractivity contribution in [3.63, 3.8) is 0 Å². The highest BCUT2D eigenvalue weighted by atomic mass is 16.5. The monoisotopic (exact) mass is 333 g/mol. The number of hydrogen-bond acceptors (Lipinski definition) is 3. The van der Waals surface area contributed by atoms with Crippen molar-refractivity contribution in [2.45, 2.75) is 70.8 Å². The van der Waals surface area contributed by atoms with E-state index in [1.165, 1.54) is 45.6 Å². The molecule has 134 valence electrons. The molecule has 0 radical (unpaired) electrons. The fourth-order valence-electron chi connectivity index (χ4n) is 3.57. The lowest BCUT2D eigenvalue weighted by atomic mass is 9.83. The number of ether oxygens (including phenoxy) is 1. The van der Waals surface area contributed by atoms with Crippen LogP contribution < -0.4 is 10.1 Å². The highest BCUT2D eigenvalue weighted by Crippen LogP contribution is 2.29. The molecule has 1 aromatic carbocycles. The summed E-state index contributed by atoms with van der Waals surface area (Å²) in [6.45, 7) is 2.25. The van der Waals surface area contributed by atoms with Gasteiger partial charge in [0.05, 0.1) is 13.5 Å². The lowest BCUT2D eigenvalue weighted by Crippen LogP contribution is -2.38. The molecule has 1 saturated carbocycles. The van der Waals surface area contributed by atoms with Crippen LogP contribution in [-0.2, 0) is 11.2 Å². The third-order valence-electron chi connectivity index (χ3n) is 5.04. The van der Waals surface area contributed by atoms with Crippen molar-refractivity contribution in [3.8, 4) is 11.5 Å². The highest BCUT2D eigenvalue weighted by Gasteiger charge is 2.22. The second kappa shape index (κ2) is 9.55. The molecular formula is C20H31NO3. The van der Waals surface area contributed by atoms with Gasteiger partial charge in [-0.3, -0.25) is 4.79 Å². The SMILES string of the molecule is CCCCCC1CCC(NC(=O)Cc2ccc(O)c(OC)c2)CC1. The van der Waals surface area contributed by atoms with E-state index < -0.39 is 0 Å². The zero-order valence-electron chi connectivity index (χ0n) is 15.0. The topological polar surface area (TPSA) is 58.6 Å². The van der Waals surface area contributed by atoms with E-state index in [4.69, 9.17) is 4.74 Å². The number of methoxy groups -OCH3 is 1. The summed E-state index contributed by atoms with van der Waals surface area (Å²) >= 11 is 0. The third kappa shape index (κ3) is 5.73. The van der Waals surface area contributed by atoms with Crippen LogP contribution in [0.1, 0.15) is 63.9 Å². The minimum absolute atomic E-state index is 0.0529. The standard InChI is InChI=1S/C20H31NO3/c1-3-4-5-6-15-7-10-17(11-8-15)21-20(23)14-16-9-12-18(22)19(13-16)24-2/h9,12-13,15,17,22H,3-8,10-11,14H2,1-2H3,(H,21,23). The first-order valence-electron chi connectivity index (χ1n) is 9.27. The molecule has 2 rings (SSSR count). The molecular weight excluding hydrogens is 302 g/mol. The van der Waals surface area contributed by atoms with Gasteiger partial charge in [0, 0.05) is 6.04 Å². The molecule has 0 spiro atoms. The van der Waals surface area contributed by atoms with Gasteiger partial charge in [-0.05, 0) is 49.3 Å². The molecule has 1 aliphatic carbocycles. The van der Waals surface area contributed by atoms with Crippen molar-refractivity contribution in [1.82, 2.24) is 5.32 Å². The summed E-state index contributed by atoms with van der Waals surface area (Å²) in [4.78, 5) is 12.2. The molecule has 0 aromatic heterocycles. The van der Waals surface area contributed by atoms with Gasteiger partial charge in [-0.1, -0.05) is 38.7 Å². The van der Waals surface area contributed by atoms with Gasteiger partial charge in [-0.15, -0.1) is 0 Å². The largest absolute Gasteiger partial charge is 0.504 e. The number of phenolic OH excluding ortho intramolecular Hbond substituents is 1. The van der Waals surface area contributed by atoms with E-state index in [0.717, 1.165) is 24.3 Å². The maximum Gasteiger partial charge on any atom is 0.224 e. The van der Waals surface area contributed by atoms with E-state index in [1.54, 1.807) is 18.2 Å². The molecule has 1 aliphatic rings. The van der Waals surface area contributed by atoms with Crippen LogP contribution >= 0.6 is 0 Å². The average molecular weight is 333 g/mol. The Bertz CT molecular complexity index is 522. The van der Waals surface area contributed by atoms with Crippen molar-refractivity contribution in [2.24, 2.45) is 5.92 Å². The number of carbonyl (C=O) groups is 1. The predicted molar refractivity (Wildman–Crippen MR) is 96.4 cm³/mol. The lowest BCUT2D eigenvalue weighted by molar-refractivity contribution is -0.121. The molecule has 1 aromatic rings. The number of hydrogen-bond donors (Lipinski definition) is 2. The van der Waals surface area contributed by atoms with Crippen molar-refractivity contribution >= 4 is 5.91 Å². The maximum atomic E-state index is 12.2. The Hall–Kier alpha value is -1.71. The van der Waals surface area contributed by atoms with E-state index in [0.29, 0.717) is 18.2 Å². The number of phenols is 1. The van der Waals surface area contributed by atoms with E-state index in [2.05, 4.69) is 12.2 Å². The number of benzene rings is 1. The number of amides is 1. The Labute approximate surface area is 145 Å². The molecule has 1 fully saturated rings. The van der Waals surface area contributed by atoms with E-state index in [-0.39, 0.29) is 11.7 Å². The summed E-state index contributed by atoms with van der Waals surface area (Å²) in [7, 11) is 1.51. The summed E-state index contributed by atoms with van der Waals surface area (Å²) in [5.41, 5.74) is 0.857. The van der Waals surface area contributed by atoms with Crippen LogP contribution in [0.2, 0.25) is 0 Å². The molecule has 24 heavy (non-hydrogen) atoms. The molecule has 0 aliphatic heterocycles. The zero-order valence-corrected chi connectivity index (χ0v) is 15.0. The van der Waals surface area contributed by atoms with Crippen LogP contribution in [0.5, 0.6) is 11.5 Å². The first-order chi connectivity index (χ1) is 11.6. The number of rotatable bonds is 8. The summed E-state index contributed by atoms with van der Waals surface area (Å²) in [6, 6.07) is 5.38. The van der Waals surface area contributed by atoms with Gasteiger partial charge in [0.1, 0.15) is 0 Å². The Balaban J connectivity index is 1.73. The Kier molecular flexibility index (Phi) is 7.41. The molecule has 4 heteroatoms. The van der Waals surface area contributed by atoms with Crippen LogP contribution in [-0.4, -0.2) is 24.2 Å². The average Bonchev–Trinajstić information content (AvgIpc) is 2.58. The van der Waals surface area contributed by atoms with Gasteiger partial charge in [0.25, 0.3) is 0 Å². The Morgan fingerprint density at radius 1 is 1.25 bits per heavy atom. The minimum Gasteiger partial charge on any atom is -0.504 e. The van der Waals surface area contributed by atoms with Gasteiger partial charge in [0.2, 0.25) is 5.91 Å². The molecule has 0 heterocycles. The second-order valence-corrected chi connectivity index (χ2v) is 6.96. The minimum atomic E-state index is 0.0529. The van der Waals surface area contributed by atoms with Crippen LogP contribution in [0.15, 0.2) is 18.2 Å². The second-order valence-electron chi connectivity index (χ2n) is 6.96. The van der Waals surface area contributed by atoms with Crippen LogP contribution in [0.25, 0.3) is 0 Å². The van der Waals surface area contributed by atoms with Gasteiger partial charge < -0.3 is 15.2 Å².